The molecule has 0 saturated heterocycles. The zero-order valence-corrected chi connectivity index (χ0v) is 16.0. The summed E-state index contributed by atoms with van der Waals surface area (Å²) in [5, 5.41) is 12.1. The van der Waals surface area contributed by atoms with Crippen LogP contribution in [-0.4, -0.2) is 26.7 Å². The first-order valence-corrected chi connectivity index (χ1v) is 10.1. The molecule has 1 atom stereocenters. The van der Waals surface area contributed by atoms with E-state index in [1.807, 2.05) is 0 Å². The molecule has 6 nitrogen and oxygen atoms in total. The van der Waals surface area contributed by atoms with Gasteiger partial charge in [0.1, 0.15) is 6.10 Å². The molecule has 1 aromatic heterocycles. The summed E-state index contributed by atoms with van der Waals surface area (Å²) < 4.78 is 7.07. The Balaban J connectivity index is 1.60. The van der Waals surface area contributed by atoms with Crippen molar-refractivity contribution in [3.05, 3.63) is 70.3 Å². The van der Waals surface area contributed by atoms with E-state index in [2.05, 4.69) is 4.98 Å². The molecular weight excluding hydrogens is 368 g/mol. The fraction of sp³-hybridized carbons (Fsp3) is 0.348. The van der Waals surface area contributed by atoms with E-state index in [1.165, 1.54) is 11.0 Å². The van der Waals surface area contributed by atoms with Gasteiger partial charge in [0, 0.05) is 5.56 Å². The lowest BCUT2D eigenvalue weighted by atomic mass is 9.91. The van der Waals surface area contributed by atoms with Crippen LogP contribution < -0.4 is 5.56 Å². The summed E-state index contributed by atoms with van der Waals surface area (Å²) in [5.41, 5.74) is -0.407. The van der Waals surface area contributed by atoms with Crippen LogP contribution in [0.15, 0.2) is 53.3 Å². The number of nitrogens with zero attached hydrogens (tertiary/aromatic N) is 2. The van der Waals surface area contributed by atoms with E-state index in [1.54, 1.807) is 48.5 Å². The van der Waals surface area contributed by atoms with Crippen molar-refractivity contribution < 1.29 is 14.6 Å². The van der Waals surface area contributed by atoms with Crippen molar-refractivity contribution in [3.63, 3.8) is 0 Å². The van der Waals surface area contributed by atoms with Crippen LogP contribution in [-0.2, 0) is 15.1 Å². The number of fused-ring (bicyclic) bond motifs is 4. The number of aromatic nitrogens is 2. The minimum Gasteiger partial charge on any atom is -0.462 e. The first kappa shape index (κ1) is 18.1. The molecule has 1 N–H and O–H groups in total. The molecule has 1 aliphatic carbocycles. The molecule has 2 aliphatic rings. The summed E-state index contributed by atoms with van der Waals surface area (Å²) in [6.45, 7) is 0. The summed E-state index contributed by atoms with van der Waals surface area (Å²) >= 11 is 0. The zero-order valence-electron chi connectivity index (χ0n) is 16.0. The number of benzene rings is 2. The van der Waals surface area contributed by atoms with Gasteiger partial charge in [-0.3, -0.25) is 14.2 Å². The molecule has 5 rings (SSSR count). The van der Waals surface area contributed by atoms with Gasteiger partial charge in [-0.2, -0.15) is 0 Å². The van der Waals surface area contributed by atoms with Crippen LogP contribution in [0.3, 0.4) is 0 Å². The Hall–Kier alpha value is -2.99. The first-order chi connectivity index (χ1) is 14.1. The van der Waals surface area contributed by atoms with Gasteiger partial charge in [-0.15, -0.1) is 0 Å². The van der Waals surface area contributed by atoms with E-state index in [0.717, 1.165) is 25.7 Å². The van der Waals surface area contributed by atoms with Crippen LogP contribution in [0.4, 0.5) is 0 Å². The summed E-state index contributed by atoms with van der Waals surface area (Å²) in [6, 6.07) is 14.1. The van der Waals surface area contributed by atoms with Crippen LogP contribution >= 0.6 is 0 Å². The number of para-hydroxylation sites is 2. The number of hydrogen-bond donors (Lipinski definition) is 1. The van der Waals surface area contributed by atoms with Gasteiger partial charge in [-0.05, 0) is 43.9 Å². The zero-order chi connectivity index (χ0) is 20.0. The molecule has 29 heavy (non-hydrogen) atoms. The molecule has 1 saturated carbocycles. The van der Waals surface area contributed by atoms with Gasteiger partial charge in [-0.1, -0.05) is 36.8 Å². The minimum atomic E-state index is -1.70. The average molecular weight is 390 g/mol. The van der Waals surface area contributed by atoms with Crippen molar-refractivity contribution in [2.75, 3.05) is 0 Å². The van der Waals surface area contributed by atoms with Gasteiger partial charge in [0.05, 0.1) is 23.0 Å². The van der Waals surface area contributed by atoms with Crippen molar-refractivity contribution in [1.29, 1.82) is 0 Å². The van der Waals surface area contributed by atoms with Crippen LogP contribution in [0, 0.1) is 0 Å². The Morgan fingerprint density at radius 1 is 1.10 bits per heavy atom. The largest absolute Gasteiger partial charge is 0.462 e. The van der Waals surface area contributed by atoms with Crippen molar-refractivity contribution in [2.45, 2.75) is 50.2 Å². The van der Waals surface area contributed by atoms with Crippen LogP contribution in [0.5, 0.6) is 0 Å². The molecule has 6 heteroatoms. The normalized spacial score (nSPS) is 21.0. The molecule has 2 heterocycles. The maximum Gasteiger partial charge on any atom is 0.309 e. The number of carbonyl (C=O) groups excluding carboxylic acids is 1. The molecule has 148 valence electrons. The molecule has 1 fully saturated rings. The molecule has 0 radical (unpaired) electrons. The number of carbonyl (C=O) groups is 1. The van der Waals surface area contributed by atoms with Crippen LogP contribution in [0.2, 0.25) is 0 Å². The molecule has 0 amide bonds. The third kappa shape index (κ3) is 2.86. The SMILES string of the molecule is O=C(CC1(O)c2ccccc2-n2c1nc1ccccc1c2=O)OC1CCCCC1. The minimum absolute atomic E-state index is 0.0942. The van der Waals surface area contributed by atoms with Crippen molar-refractivity contribution in [1.82, 2.24) is 9.55 Å². The van der Waals surface area contributed by atoms with Crippen molar-refractivity contribution in [3.8, 4) is 5.69 Å². The third-order valence-electron chi connectivity index (χ3n) is 5.99. The summed E-state index contributed by atoms with van der Waals surface area (Å²) in [7, 11) is 0. The number of hydrogen-bond acceptors (Lipinski definition) is 5. The number of ether oxygens (including phenoxy) is 1. The van der Waals surface area contributed by atoms with Gasteiger partial charge in [0.25, 0.3) is 5.56 Å². The highest BCUT2D eigenvalue weighted by Gasteiger charge is 2.46. The fourth-order valence-electron chi connectivity index (χ4n) is 4.57. The van der Waals surface area contributed by atoms with E-state index >= 15 is 0 Å². The summed E-state index contributed by atoms with van der Waals surface area (Å²) in [5.74, 6) is -0.298. The lowest BCUT2D eigenvalue weighted by molar-refractivity contribution is -0.155. The number of rotatable bonds is 3. The highest BCUT2D eigenvalue weighted by molar-refractivity contribution is 5.80. The number of aliphatic hydroxyl groups is 1. The van der Waals surface area contributed by atoms with E-state index in [0.29, 0.717) is 22.2 Å². The smallest absolute Gasteiger partial charge is 0.309 e. The summed E-state index contributed by atoms with van der Waals surface area (Å²) in [4.78, 5) is 30.5. The van der Waals surface area contributed by atoms with Gasteiger partial charge < -0.3 is 9.84 Å². The van der Waals surface area contributed by atoms with Crippen molar-refractivity contribution in [2.24, 2.45) is 0 Å². The molecule has 0 bridgehead atoms. The Morgan fingerprint density at radius 2 is 1.83 bits per heavy atom. The molecule has 1 aliphatic heterocycles. The second kappa shape index (κ2) is 6.81. The predicted octanol–water partition coefficient (Wildman–Crippen LogP) is 3.20. The van der Waals surface area contributed by atoms with Crippen LogP contribution in [0.25, 0.3) is 16.6 Å². The van der Waals surface area contributed by atoms with Gasteiger partial charge in [0.2, 0.25) is 0 Å². The highest BCUT2D eigenvalue weighted by atomic mass is 16.5. The lowest BCUT2D eigenvalue weighted by Crippen LogP contribution is -2.34. The second-order valence-electron chi connectivity index (χ2n) is 7.90. The molecule has 2 aromatic carbocycles. The Morgan fingerprint density at radius 3 is 2.66 bits per heavy atom. The summed E-state index contributed by atoms with van der Waals surface area (Å²) in [6.07, 6.45) is 4.62. The lowest BCUT2D eigenvalue weighted by Gasteiger charge is -2.26. The Labute approximate surface area is 167 Å². The fourth-order valence-corrected chi connectivity index (χ4v) is 4.57. The van der Waals surface area contributed by atoms with E-state index in [-0.39, 0.29) is 23.9 Å². The van der Waals surface area contributed by atoms with E-state index < -0.39 is 11.6 Å². The molecule has 1 unspecified atom stereocenters. The monoisotopic (exact) mass is 390 g/mol. The topological polar surface area (TPSA) is 81.4 Å². The standard InChI is InChI=1S/C23H22N2O4/c26-20(29-15-8-2-1-3-9-15)14-23(28)17-11-5-7-13-19(17)25-21(27)16-10-4-6-12-18(16)24-22(23)25/h4-7,10-13,15,28H,1-3,8-9,14H2. The second-order valence-corrected chi connectivity index (χ2v) is 7.90. The molecule has 0 spiro atoms. The number of esters is 1. The average Bonchev–Trinajstić information content (AvgIpc) is 2.98. The molecule has 3 aromatic rings. The molecular formula is C23H22N2O4. The maximum absolute atomic E-state index is 13.2. The van der Waals surface area contributed by atoms with Crippen molar-refractivity contribution >= 4 is 16.9 Å². The highest BCUT2D eigenvalue weighted by Crippen LogP contribution is 2.42. The van der Waals surface area contributed by atoms with Crippen LogP contribution in [0.1, 0.15) is 49.9 Å². The Bertz CT molecular complexity index is 1160. The first-order valence-electron chi connectivity index (χ1n) is 10.1. The predicted molar refractivity (Wildman–Crippen MR) is 108 cm³/mol. The quantitative estimate of drug-likeness (QED) is 0.695. The van der Waals surface area contributed by atoms with Gasteiger partial charge in [-0.25, -0.2) is 4.98 Å². The maximum atomic E-state index is 13.2. The van der Waals surface area contributed by atoms with E-state index in [9.17, 15) is 14.7 Å². The Kier molecular flexibility index (Phi) is 4.24. The van der Waals surface area contributed by atoms with E-state index in [4.69, 9.17) is 4.74 Å². The van der Waals surface area contributed by atoms with Gasteiger partial charge in [0.15, 0.2) is 11.4 Å². The van der Waals surface area contributed by atoms with Gasteiger partial charge >= 0.3 is 5.97 Å². The third-order valence-corrected chi connectivity index (χ3v) is 5.99.